The standard InChI is InChI=1S/C21H22N4OS.HI/c1-22-21(23-12-16-10-14-6-2-4-8-17(14)25-16)24-13-18(26)20-11-15-7-3-5-9-19(15)27-20;/h2-11,18,25-26H,12-13H2,1H3,(H2,22,23,24);1H. The molecule has 0 fully saturated rings. The van der Waals surface area contributed by atoms with E-state index in [0.29, 0.717) is 19.0 Å². The van der Waals surface area contributed by atoms with Gasteiger partial charge in [-0.05, 0) is 35.0 Å². The molecule has 0 bridgehead atoms. The van der Waals surface area contributed by atoms with E-state index >= 15 is 0 Å². The zero-order valence-electron chi connectivity index (χ0n) is 15.5. The molecule has 2 aromatic carbocycles. The molecule has 0 radical (unpaired) electrons. The number of aliphatic hydroxyl groups excluding tert-OH is 1. The van der Waals surface area contributed by atoms with E-state index in [0.717, 1.165) is 21.5 Å². The molecule has 0 spiro atoms. The van der Waals surface area contributed by atoms with E-state index in [-0.39, 0.29) is 24.0 Å². The summed E-state index contributed by atoms with van der Waals surface area (Å²) in [6.07, 6.45) is -0.575. The van der Waals surface area contributed by atoms with Gasteiger partial charge in [-0.1, -0.05) is 36.4 Å². The molecular weight excluding hydrogens is 483 g/mol. The van der Waals surface area contributed by atoms with Crippen molar-refractivity contribution in [2.75, 3.05) is 13.6 Å². The highest BCUT2D eigenvalue weighted by Gasteiger charge is 2.12. The number of hydrogen-bond acceptors (Lipinski definition) is 3. The van der Waals surface area contributed by atoms with Crippen LogP contribution in [0.4, 0.5) is 0 Å². The fourth-order valence-corrected chi connectivity index (χ4v) is 4.14. The van der Waals surface area contributed by atoms with Gasteiger partial charge in [-0.2, -0.15) is 0 Å². The van der Waals surface area contributed by atoms with Gasteiger partial charge in [0.1, 0.15) is 6.10 Å². The van der Waals surface area contributed by atoms with E-state index in [1.807, 2.05) is 30.3 Å². The van der Waals surface area contributed by atoms with Gasteiger partial charge in [-0.15, -0.1) is 35.3 Å². The molecule has 146 valence electrons. The van der Waals surface area contributed by atoms with E-state index in [4.69, 9.17) is 0 Å². The van der Waals surface area contributed by atoms with E-state index in [9.17, 15) is 5.11 Å². The lowest BCUT2D eigenvalue weighted by Crippen LogP contribution is -2.38. The molecular formula is C21H23IN4OS. The Bertz CT molecular complexity index is 1020. The summed E-state index contributed by atoms with van der Waals surface area (Å²) in [4.78, 5) is 8.58. The van der Waals surface area contributed by atoms with Gasteiger partial charge in [0.15, 0.2) is 5.96 Å². The summed E-state index contributed by atoms with van der Waals surface area (Å²) in [7, 11) is 1.73. The lowest BCUT2D eigenvalue weighted by atomic mass is 10.2. The average Bonchev–Trinajstić information content (AvgIpc) is 3.31. The number of fused-ring (bicyclic) bond motifs is 2. The van der Waals surface area contributed by atoms with Crippen LogP contribution < -0.4 is 10.6 Å². The first kappa shape index (κ1) is 20.6. The molecule has 0 aliphatic rings. The number of hydrogen-bond donors (Lipinski definition) is 4. The number of para-hydroxylation sites is 1. The predicted molar refractivity (Wildman–Crippen MR) is 129 cm³/mol. The van der Waals surface area contributed by atoms with E-state index in [1.165, 1.54) is 10.1 Å². The van der Waals surface area contributed by atoms with Crippen LogP contribution in [-0.2, 0) is 6.54 Å². The largest absolute Gasteiger partial charge is 0.386 e. The Hall–Kier alpha value is -2.10. The number of aliphatic imine (C=N–C) groups is 1. The second-order valence-electron chi connectivity index (χ2n) is 6.39. The molecule has 0 aliphatic heterocycles. The van der Waals surface area contributed by atoms with Crippen molar-refractivity contribution in [2.24, 2.45) is 4.99 Å². The summed E-state index contributed by atoms with van der Waals surface area (Å²) in [5.74, 6) is 0.661. The minimum Gasteiger partial charge on any atom is -0.386 e. The number of guanidine groups is 1. The minimum atomic E-state index is -0.575. The number of nitrogens with one attached hydrogen (secondary N) is 3. The highest BCUT2D eigenvalue weighted by atomic mass is 127. The van der Waals surface area contributed by atoms with Crippen LogP contribution in [0, 0.1) is 0 Å². The summed E-state index contributed by atoms with van der Waals surface area (Å²) in [6.45, 7) is 1.03. The molecule has 0 saturated heterocycles. The van der Waals surface area contributed by atoms with E-state index in [1.54, 1.807) is 18.4 Å². The number of aromatic amines is 1. The van der Waals surface area contributed by atoms with Crippen LogP contribution in [-0.4, -0.2) is 29.6 Å². The van der Waals surface area contributed by atoms with Gasteiger partial charge in [0.2, 0.25) is 0 Å². The quantitative estimate of drug-likeness (QED) is 0.184. The Morgan fingerprint density at radius 1 is 1.07 bits per heavy atom. The Labute approximate surface area is 184 Å². The molecule has 0 saturated carbocycles. The van der Waals surface area contributed by atoms with Crippen molar-refractivity contribution in [2.45, 2.75) is 12.6 Å². The molecule has 4 aromatic rings. The van der Waals surface area contributed by atoms with Crippen molar-refractivity contribution in [3.8, 4) is 0 Å². The van der Waals surface area contributed by atoms with Crippen molar-refractivity contribution in [3.63, 3.8) is 0 Å². The highest BCUT2D eigenvalue weighted by molar-refractivity contribution is 14.0. The molecule has 4 N–H and O–H groups in total. The SMILES string of the molecule is CN=C(NCc1cc2ccccc2[nH]1)NCC(O)c1cc2ccccc2s1.I. The van der Waals surface area contributed by atoms with Gasteiger partial charge in [-0.25, -0.2) is 0 Å². The minimum absolute atomic E-state index is 0. The van der Waals surface area contributed by atoms with Crippen molar-refractivity contribution >= 4 is 62.3 Å². The summed E-state index contributed by atoms with van der Waals surface area (Å²) < 4.78 is 1.19. The summed E-state index contributed by atoms with van der Waals surface area (Å²) >= 11 is 1.62. The van der Waals surface area contributed by atoms with Crippen LogP contribution >= 0.6 is 35.3 Å². The molecule has 2 aromatic heterocycles. The zero-order chi connectivity index (χ0) is 18.6. The fourth-order valence-electron chi connectivity index (χ4n) is 3.09. The number of rotatable bonds is 5. The number of H-pyrrole nitrogens is 1. The highest BCUT2D eigenvalue weighted by Crippen LogP contribution is 2.29. The first-order valence-electron chi connectivity index (χ1n) is 8.90. The lowest BCUT2D eigenvalue weighted by Gasteiger charge is -2.14. The Balaban J connectivity index is 0.00000225. The maximum absolute atomic E-state index is 10.5. The predicted octanol–water partition coefficient (Wildman–Crippen LogP) is 4.40. The van der Waals surface area contributed by atoms with Crippen LogP contribution in [0.5, 0.6) is 0 Å². The number of halogens is 1. The normalized spacial score (nSPS) is 12.7. The molecule has 4 rings (SSSR count). The Morgan fingerprint density at radius 2 is 1.82 bits per heavy atom. The lowest BCUT2D eigenvalue weighted by molar-refractivity contribution is 0.184. The maximum atomic E-state index is 10.5. The van der Waals surface area contributed by atoms with Crippen molar-refractivity contribution in [3.05, 3.63) is 71.2 Å². The van der Waals surface area contributed by atoms with Crippen LogP contribution in [0.15, 0.2) is 65.7 Å². The third kappa shape index (κ3) is 4.65. The van der Waals surface area contributed by atoms with Gasteiger partial charge in [-0.3, -0.25) is 4.99 Å². The monoisotopic (exact) mass is 506 g/mol. The number of thiophene rings is 1. The summed E-state index contributed by atoms with van der Waals surface area (Å²) in [5, 5.41) is 19.3. The summed E-state index contributed by atoms with van der Waals surface area (Å²) in [6, 6.07) is 20.5. The zero-order valence-corrected chi connectivity index (χ0v) is 18.6. The van der Waals surface area contributed by atoms with Gasteiger partial charge >= 0.3 is 0 Å². The van der Waals surface area contributed by atoms with Crippen molar-refractivity contribution in [1.82, 2.24) is 15.6 Å². The second-order valence-corrected chi connectivity index (χ2v) is 7.51. The third-order valence-corrected chi connectivity index (χ3v) is 5.71. The first-order valence-corrected chi connectivity index (χ1v) is 9.72. The number of aliphatic hydroxyl groups is 1. The molecule has 7 heteroatoms. The topological polar surface area (TPSA) is 72.4 Å². The smallest absolute Gasteiger partial charge is 0.191 e. The van der Waals surface area contributed by atoms with Crippen molar-refractivity contribution < 1.29 is 5.11 Å². The number of benzene rings is 2. The maximum Gasteiger partial charge on any atom is 0.191 e. The van der Waals surface area contributed by atoms with E-state index < -0.39 is 6.10 Å². The number of nitrogens with zero attached hydrogens (tertiary/aromatic N) is 1. The molecule has 1 atom stereocenters. The van der Waals surface area contributed by atoms with Crippen LogP contribution in [0.1, 0.15) is 16.7 Å². The number of aromatic nitrogens is 1. The molecule has 28 heavy (non-hydrogen) atoms. The average molecular weight is 506 g/mol. The van der Waals surface area contributed by atoms with Gasteiger partial charge in [0.05, 0.1) is 6.54 Å². The Morgan fingerprint density at radius 3 is 2.57 bits per heavy atom. The molecule has 0 amide bonds. The Kier molecular flexibility index (Phi) is 6.93. The van der Waals surface area contributed by atoms with Crippen LogP contribution in [0.3, 0.4) is 0 Å². The van der Waals surface area contributed by atoms with E-state index in [2.05, 4.69) is 50.9 Å². The van der Waals surface area contributed by atoms with Gasteiger partial charge in [0, 0.05) is 34.4 Å². The molecule has 0 aliphatic carbocycles. The second kappa shape index (κ2) is 9.40. The van der Waals surface area contributed by atoms with Gasteiger partial charge in [0.25, 0.3) is 0 Å². The summed E-state index contributed by atoms with van der Waals surface area (Å²) in [5.41, 5.74) is 2.21. The molecule has 2 heterocycles. The van der Waals surface area contributed by atoms with Crippen molar-refractivity contribution in [1.29, 1.82) is 0 Å². The first-order chi connectivity index (χ1) is 13.2. The molecule has 1 unspecified atom stereocenters. The van der Waals surface area contributed by atoms with Crippen LogP contribution in [0.25, 0.3) is 21.0 Å². The van der Waals surface area contributed by atoms with Gasteiger partial charge < -0.3 is 20.7 Å². The third-order valence-electron chi connectivity index (χ3n) is 4.49. The molecule has 5 nitrogen and oxygen atoms in total. The fraction of sp³-hybridized carbons (Fsp3) is 0.190. The van der Waals surface area contributed by atoms with Crippen LogP contribution in [0.2, 0.25) is 0 Å².